The van der Waals surface area contributed by atoms with Crippen LogP contribution in [0.1, 0.15) is 27.2 Å². The fraction of sp³-hybridized carbons (Fsp3) is 0.154. The van der Waals surface area contributed by atoms with Gasteiger partial charge in [-0.1, -0.05) is 0 Å². The molecule has 2 rings (SSSR count). The summed E-state index contributed by atoms with van der Waals surface area (Å²) in [6.07, 6.45) is 1.52. The van der Waals surface area contributed by atoms with E-state index in [1.165, 1.54) is 6.26 Å². The molecule has 0 atom stereocenters. The van der Waals surface area contributed by atoms with Crippen molar-refractivity contribution in [3.05, 3.63) is 53.0 Å². The van der Waals surface area contributed by atoms with Crippen molar-refractivity contribution < 1.29 is 9.21 Å². The molecule has 0 aliphatic rings. The molecule has 1 heterocycles. The van der Waals surface area contributed by atoms with Crippen LogP contribution in [0.15, 0.2) is 34.9 Å². The summed E-state index contributed by atoms with van der Waals surface area (Å²) >= 11 is 0. The number of anilines is 1. The van der Waals surface area contributed by atoms with Gasteiger partial charge in [-0.25, -0.2) is 0 Å². The molecule has 2 aromatic rings. The molecule has 1 aromatic carbocycles. The van der Waals surface area contributed by atoms with E-state index >= 15 is 0 Å². The molecule has 0 aliphatic heterocycles. The minimum absolute atomic E-state index is 0.106. The second-order valence-electron chi connectivity index (χ2n) is 3.83. The van der Waals surface area contributed by atoms with Crippen LogP contribution in [0.2, 0.25) is 0 Å². The van der Waals surface area contributed by atoms with Gasteiger partial charge in [0.25, 0.3) is 0 Å². The summed E-state index contributed by atoms with van der Waals surface area (Å²) in [5.41, 5.74) is 8.74. The molecule has 2 N–H and O–H groups in total. The number of nitrogen functional groups attached to an aromatic ring is 1. The Bertz CT molecular complexity index is 541. The molecular weight excluding hydrogens is 202 g/mol. The van der Waals surface area contributed by atoms with Crippen molar-refractivity contribution in [2.24, 2.45) is 0 Å². The van der Waals surface area contributed by atoms with Gasteiger partial charge in [-0.2, -0.15) is 0 Å². The predicted molar refractivity (Wildman–Crippen MR) is 62.5 cm³/mol. The van der Waals surface area contributed by atoms with E-state index in [0.717, 1.165) is 11.1 Å². The first kappa shape index (κ1) is 10.5. The number of carbonyl (C=O) groups excluding carboxylic acids is 1. The minimum atomic E-state index is -0.106. The predicted octanol–water partition coefficient (Wildman–Crippen LogP) is 2.71. The van der Waals surface area contributed by atoms with Crippen molar-refractivity contribution in [1.82, 2.24) is 0 Å². The lowest BCUT2D eigenvalue weighted by Gasteiger charge is -2.03. The highest BCUT2D eigenvalue weighted by molar-refractivity contribution is 6.08. The first-order valence-electron chi connectivity index (χ1n) is 5.04. The van der Waals surface area contributed by atoms with Gasteiger partial charge in [-0.15, -0.1) is 0 Å². The van der Waals surface area contributed by atoms with E-state index < -0.39 is 0 Å². The average Bonchev–Trinajstić information content (AvgIpc) is 2.67. The highest BCUT2D eigenvalue weighted by atomic mass is 16.3. The van der Waals surface area contributed by atoms with E-state index in [1.54, 1.807) is 24.3 Å². The molecule has 16 heavy (non-hydrogen) atoms. The summed E-state index contributed by atoms with van der Waals surface area (Å²) in [7, 11) is 0. The van der Waals surface area contributed by atoms with Crippen LogP contribution in [-0.4, -0.2) is 5.78 Å². The van der Waals surface area contributed by atoms with Crippen molar-refractivity contribution >= 4 is 11.5 Å². The third-order valence-electron chi connectivity index (χ3n) is 2.60. The minimum Gasteiger partial charge on any atom is -0.461 e. The number of aryl methyl sites for hydroxylation is 2. The normalized spacial score (nSPS) is 10.4. The van der Waals surface area contributed by atoms with Crippen LogP contribution in [0, 0.1) is 13.8 Å². The monoisotopic (exact) mass is 215 g/mol. The second kappa shape index (κ2) is 3.85. The first-order valence-corrected chi connectivity index (χ1v) is 5.04. The lowest BCUT2D eigenvalue weighted by Crippen LogP contribution is -2.02. The molecule has 0 fully saturated rings. The number of benzene rings is 1. The Hall–Kier alpha value is -2.03. The van der Waals surface area contributed by atoms with Crippen LogP contribution in [0.25, 0.3) is 0 Å². The number of hydrogen-bond donors (Lipinski definition) is 1. The molecule has 0 bridgehead atoms. The molecule has 3 nitrogen and oxygen atoms in total. The van der Waals surface area contributed by atoms with Gasteiger partial charge in [0, 0.05) is 11.3 Å². The summed E-state index contributed by atoms with van der Waals surface area (Å²) in [4.78, 5) is 12.1. The van der Waals surface area contributed by atoms with Crippen LogP contribution in [0.4, 0.5) is 5.69 Å². The summed E-state index contributed by atoms with van der Waals surface area (Å²) in [5, 5.41) is 0. The van der Waals surface area contributed by atoms with Crippen LogP contribution in [0.5, 0.6) is 0 Å². The number of hydrogen-bond acceptors (Lipinski definition) is 3. The average molecular weight is 215 g/mol. The Labute approximate surface area is 93.9 Å². The molecule has 0 saturated heterocycles. The van der Waals surface area contributed by atoms with Gasteiger partial charge in [-0.3, -0.25) is 4.79 Å². The molecule has 3 heteroatoms. The van der Waals surface area contributed by atoms with Gasteiger partial charge >= 0.3 is 0 Å². The fourth-order valence-corrected chi connectivity index (χ4v) is 1.55. The lowest BCUT2D eigenvalue weighted by molar-refractivity contribution is 0.101. The van der Waals surface area contributed by atoms with Crippen LogP contribution in [-0.2, 0) is 0 Å². The molecular formula is C13H13NO2. The van der Waals surface area contributed by atoms with Crippen LogP contribution < -0.4 is 5.73 Å². The smallest absolute Gasteiger partial charge is 0.228 e. The third kappa shape index (κ3) is 1.72. The lowest BCUT2D eigenvalue weighted by atomic mass is 10.0. The zero-order valence-electron chi connectivity index (χ0n) is 9.28. The molecule has 0 radical (unpaired) electrons. The van der Waals surface area contributed by atoms with Gasteiger partial charge in [0.1, 0.15) is 0 Å². The maximum Gasteiger partial charge on any atom is 0.228 e. The number of carbonyl (C=O) groups is 1. The topological polar surface area (TPSA) is 56.2 Å². The quantitative estimate of drug-likeness (QED) is 0.619. The fourth-order valence-electron chi connectivity index (χ4n) is 1.55. The van der Waals surface area contributed by atoms with Crippen molar-refractivity contribution in [2.75, 3.05) is 5.73 Å². The Morgan fingerprint density at radius 3 is 2.50 bits per heavy atom. The standard InChI is InChI=1S/C13H13NO2/c1-8-5-6-16-13(8)12(15)10-3-4-11(14)9(2)7-10/h3-7H,14H2,1-2H3. The highest BCUT2D eigenvalue weighted by Crippen LogP contribution is 2.18. The van der Waals surface area contributed by atoms with Gasteiger partial charge in [0.05, 0.1) is 6.26 Å². The summed E-state index contributed by atoms with van der Waals surface area (Å²) < 4.78 is 5.17. The number of rotatable bonds is 2. The third-order valence-corrected chi connectivity index (χ3v) is 2.60. The van der Waals surface area contributed by atoms with Gasteiger partial charge in [0.15, 0.2) is 5.76 Å². The Morgan fingerprint density at radius 2 is 1.94 bits per heavy atom. The van der Waals surface area contributed by atoms with Crippen molar-refractivity contribution in [3.63, 3.8) is 0 Å². The summed E-state index contributed by atoms with van der Waals surface area (Å²) in [6, 6.07) is 7.00. The van der Waals surface area contributed by atoms with E-state index in [9.17, 15) is 4.79 Å². The maximum atomic E-state index is 12.1. The van der Waals surface area contributed by atoms with E-state index in [-0.39, 0.29) is 5.78 Å². The zero-order valence-corrected chi connectivity index (χ0v) is 9.28. The summed E-state index contributed by atoms with van der Waals surface area (Å²) in [6.45, 7) is 3.72. The maximum absolute atomic E-state index is 12.1. The molecule has 0 amide bonds. The number of furan rings is 1. The Morgan fingerprint density at radius 1 is 1.19 bits per heavy atom. The van der Waals surface area contributed by atoms with Gasteiger partial charge in [0.2, 0.25) is 5.78 Å². The zero-order chi connectivity index (χ0) is 11.7. The van der Waals surface area contributed by atoms with Crippen molar-refractivity contribution in [3.8, 4) is 0 Å². The Kier molecular flexibility index (Phi) is 2.52. The van der Waals surface area contributed by atoms with E-state index in [4.69, 9.17) is 10.2 Å². The van der Waals surface area contributed by atoms with Gasteiger partial charge < -0.3 is 10.2 Å². The highest BCUT2D eigenvalue weighted by Gasteiger charge is 2.15. The van der Waals surface area contributed by atoms with Crippen LogP contribution >= 0.6 is 0 Å². The van der Waals surface area contributed by atoms with E-state index in [0.29, 0.717) is 17.0 Å². The largest absolute Gasteiger partial charge is 0.461 e. The number of ketones is 1. The second-order valence-corrected chi connectivity index (χ2v) is 3.83. The molecule has 0 unspecified atom stereocenters. The van der Waals surface area contributed by atoms with Crippen molar-refractivity contribution in [1.29, 1.82) is 0 Å². The first-order chi connectivity index (χ1) is 7.59. The Balaban J connectivity index is 2.42. The van der Waals surface area contributed by atoms with E-state index in [2.05, 4.69) is 0 Å². The van der Waals surface area contributed by atoms with E-state index in [1.807, 2.05) is 13.8 Å². The number of nitrogens with two attached hydrogens (primary N) is 1. The van der Waals surface area contributed by atoms with Gasteiger partial charge in [-0.05, 0) is 49.2 Å². The molecule has 0 saturated carbocycles. The summed E-state index contributed by atoms with van der Waals surface area (Å²) in [5.74, 6) is 0.287. The van der Waals surface area contributed by atoms with Crippen LogP contribution in [0.3, 0.4) is 0 Å². The molecule has 0 aliphatic carbocycles. The molecule has 1 aromatic heterocycles. The SMILES string of the molecule is Cc1cc(C(=O)c2occc2C)ccc1N. The molecule has 0 spiro atoms. The molecule has 82 valence electrons. The van der Waals surface area contributed by atoms with Crippen molar-refractivity contribution in [2.45, 2.75) is 13.8 Å².